The summed E-state index contributed by atoms with van der Waals surface area (Å²) in [5, 5.41) is 7.10. The molecule has 216 valence electrons. The molecule has 1 heterocycles. The molecular weight excluding hydrogens is 558 g/mol. The Morgan fingerprint density at radius 2 is 0.935 bits per heavy atom. The van der Waals surface area contributed by atoms with Gasteiger partial charge in [0, 0.05) is 27.7 Å². The first kappa shape index (κ1) is 26.3. The average Bonchev–Trinajstić information content (AvgIpc) is 3.50. The number of para-hydroxylation sites is 3. The molecule has 0 amide bonds. The third kappa shape index (κ3) is 4.27. The molecule has 0 aliphatic carbocycles. The maximum atomic E-state index is 7.03. The zero-order valence-electron chi connectivity index (χ0n) is 25.1. The quantitative estimate of drug-likeness (QED) is 0.199. The Labute approximate surface area is 267 Å². The second kappa shape index (κ2) is 10.8. The third-order valence-electron chi connectivity index (χ3n) is 9.03. The van der Waals surface area contributed by atoms with Crippen molar-refractivity contribution in [3.63, 3.8) is 0 Å². The molecule has 0 bridgehead atoms. The van der Waals surface area contributed by atoms with Crippen LogP contribution in [0.1, 0.15) is 0 Å². The third-order valence-corrected chi connectivity index (χ3v) is 9.03. The van der Waals surface area contributed by atoms with Gasteiger partial charge in [0.1, 0.15) is 5.58 Å². The van der Waals surface area contributed by atoms with E-state index in [0.717, 1.165) is 50.1 Å². The largest absolute Gasteiger partial charge is 0.453 e. The van der Waals surface area contributed by atoms with Crippen molar-refractivity contribution in [2.75, 3.05) is 4.90 Å². The molecule has 0 radical (unpaired) electrons. The van der Waals surface area contributed by atoms with Crippen molar-refractivity contribution >= 4 is 60.5 Å². The maximum absolute atomic E-state index is 7.03. The molecule has 0 unspecified atom stereocenters. The van der Waals surface area contributed by atoms with Crippen LogP contribution in [0.25, 0.3) is 65.7 Å². The summed E-state index contributed by atoms with van der Waals surface area (Å²) in [6, 6.07) is 62.5. The number of fused-ring (bicyclic) bond motifs is 5. The van der Waals surface area contributed by atoms with Crippen LogP contribution in [0.5, 0.6) is 0 Å². The number of rotatable bonds is 5. The topological polar surface area (TPSA) is 16.4 Å². The Hall–Kier alpha value is -6.12. The van der Waals surface area contributed by atoms with Gasteiger partial charge in [-0.15, -0.1) is 0 Å². The molecule has 0 saturated carbocycles. The summed E-state index contributed by atoms with van der Waals surface area (Å²) >= 11 is 0. The van der Waals surface area contributed by atoms with Gasteiger partial charge in [0.15, 0.2) is 5.58 Å². The van der Waals surface area contributed by atoms with Crippen LogP contribution in [0.15, 0.2) is 180 Å². The summed E-state index contributed by atoms with van der Waals surface area (Å²) in [5.74, 6) is 0. The monoisotopic (exact) mass is 587 g/mol. The molecule has 2 heteroatoms. The van der Waals surface area contributed by atoms with Gasteiger partial charge < -0.3 is 9.32 Å². The van der Waals surface area contributed by atoms with E-state index >= 15 is 0 Å². The highest BCUT2D eigenvalue weighted by molar-refractivity contribution is 6.20. The van der Waals surface area contributed by atoms with Gasteiger partial charge in [-0.05, 0) is 74.6 Å². The number of anilines is 3. The molecule has 0 aliphatic rings. The second-order valence-corrected chi connectivity index (χ2v) is 11.7. The van der Waals surface area contributed by atoms with Crippen LogP contribution in [-0.2, 0) is 0 Å². The van der Waals surface area contributed by atoms with Gasteiger partial charge in [-0.2, -0.15) is 0 Å². The highest BCUT2D eigenvalue weighted by Gasteiger charge is 2.22. The molecule has 9 rings (SSSR count). The summed E-state index contributed by atoms with van der Waals surface area (Å²) in [5.41, 5.74) is 9.63. The normalized spacial score (nSPS) is 11.5. The molecular formula is C44H29NO. The molecule has 0 saturated heterocycles. The van der Waals surface area contributed by atoms with Crippen molar-refractivity contribution in [1.82, 2.24) is 0 Å². The molecule has 0 fully saturated rings. The summed E-state index contributed by atoms with van der Waals surface area (Å²) in [6.07, 6.45) is 0. The second-order valence-electron chi connectivity index (χ2n) is 11.7. The number of furan rings is 1. The van der Waals surface area contributed by atoms with Crippen LogP contribution in [0.2, 0.25) is 0 Å². The van der Waals surface area contributed by atoms with Gasteiger partial charge in [-0.1, -0.05) is 140 Å². The highest BCUT2D eigenvalue weighted by Crippen LogP contribution is 2.46. The molecule has 8 aromatic carbocycles. The highest BCUT2D eigenvalue weighted by atomic mass is 16.3. The zero-order valence-corrected chi connectivity index (χ0v) is 25.1. The fourth-order valence-electron chi connectivity index (χ4n) is 6.92. The molecule has 2 nitrogen and oxygen atoms in total. The molecule has 0 N–H and O–H groups in total. The van der Waals surface area contributed by atoms with E-state index in [9.17, 15) is 0 Å². The van der Waals surface area contributed by atoms with Crippen LogP contribution >= 0.6 is 0 Å². The van der Waals surface area contributed by atoms with Crippen molar-refractivity contribution in [1.29, 1.82) is 0 Å². The van der Waals surface area contributed by atoms with Gasteiger partial charge in [-0.3, -0.25) is 0 Å². The summed E-state index contributed by atoms with van der Waals surface area (Å²) in [4.78, 5) is 2.28. The van der Waals surface area contributed by atoms with Crippen LogP contribution in [-0.4, -0.2) is 0 Å². The Kier molecular flexibility index (Phi) is 6.17. The van der Waals surface area contributed by atoms with Crippen molar-refractivity contribution in [3.05, 3.63) is 176 Å². The first-order valence-electron chi connectivity index (χ1n) is 15.7. The maximum Gasteiger partial charge on any atom is 0.159 e. The van der Waals surface area contributed by atoms with Gasteiger partial charge in [-0.25, -0.2) is 0 Å². The first-order valence-corrected chi connectivity index (χ1v) is 15.7. The van der Waals surface area contributed by atoms with E-state index in [1.807, 2.05) is 0 Å². The molecule has 9 aromatic rings. The van der Waals surface area contributed by atoms with Crippen molar-refractivity contribution in [2.24, 2.45) is 0 Å². The van der Waals surface area contributed by atoms with Gasteiger partial charge in [0.05, 0.1) is 5.69 Å². The van der Waals surface area contributed by atoms with Crippen LogP contribution < -0.4 is 4.90 Å². The van der Waals surface area contributed by atoms with Gasteiger partial charge in [0.25, 0.3) is 0 Å². The average molecular weight is 588 g/mol. The molecule has 0 spiro atoms. The van der Waals surface area contributed by atoms with E-state index in [4.69, 9.17) is 4.42 Å². The Bertz CT molecular complexity index is 2470. The SMILES string of the molecule is c1ccc(N(c2ccccc2)c2cccc3c2oc2c(-c4ccc(-c5cccc6ccccc56)cc4)c4ccccc4cc23)cc1. The van der Waals surface area contributed by atoms with Crippen molar-refractivity contribution in [3.8, 4) is 22.3 Å². The standard InChI is InChI=1S/C44H29NO/c1-3-16-34(17-4-1)45(35-18-5-2-6-19-35)41-24-12-23-39-40-29-33-14-8-10-21-38(33)42(44(40)46-43(39)41)32-27-25-31(26-28-32)37-22-11-15-30-13-7-9-20-36(30)37/h1-29H. The Balaban J connectivity index is 1.28. The molecule has 0 aliphatic heterocycles. The summed E-state index contributed by atoms with van der Waals surface area (Å²) < 4.78 is 7.03. The number of nitrogens with zero attached hydrogens (tertiary/aromatic N) is 1. The van der Waals surface area contributed by atoms with E-state index < -0.39 is 0 Å². The fourth-order valence-corrected chi connectivity index (χ4v) is 6.92. The lowest BCUT2D eigenvalue weighted by atomic mass is 9.93. The van der Waals surface area contributed by atoms with E-state index in [-0.39, 0.29) is 0 Å². The Morgan fingerprint density at radius 1 is 0.370 bits per heavy atom. The van der Waals surface area contributed by atoms with E-state index in [0.29, 0.717) is 0 Å². The lowest BCUT2D eigenvalue weighted by Gasteiger charge is -2.25. The van der Waals surface area contributed by atoms with Crippen LogP contribution in [0.4, 0.5) is 17.1 Å². The summed E-state index contributed by atoms with van der Waals surface area (Å²) in [7, 11) is 0. The first-order chi connectivity index (χ1) is 22.8. The lowest BCUT2D eigenvalue weighted by molar-refractivity contribution is 0.670. The number of hydrogen-bond acceptors (Lipinski definition) is 2. The molecule has 1 aromatic heterocycles. The van der Waals surface area contributed by atoms with Gasteiger partial charge >= 0.3 is 0 Å². The van der Waals surface area contributed by atoms with Gasteiger partial charge in [0.2, 0.25) is 0 Å². The Morgan fingerprint density at radius 3 is 1.67 bits per heavy atom. The van der Waals surface area contributed by atoms with Crippen LogP contribution in [0.3, 0.4) is 0 Å². The molecule has 0 atom stereocenters. The minimum absolute atomic E-state index is 0.870. The van der Waals surface area contributed by atoms with Crippen molar-refractivity contribution < 1.29 is 4.42 Å². The van der Waals surface area contributed by atoms with E-state index in [1.165, 1.54) is 32.7 Å². The van der Waals surface area contributed by atoms with E-state index in [2.05, 4.69) is 181 Å². The minimum Gasteiger partial charge on any atom is -0.453 e. The minimum atomic E-state index is 0.870. The zero-order chi connectivity index (χ0) is 30.5. The van der Waals surface area contributed by atoms with Crippen molar-refractivity contribution in [2.45, 2.75) is 0 Å². The predicted molar refractivity (Wildman–Crippen MR) is 194 cm³/mol. The smallest absolute Gasteiger partial charge is 0.159 e. The van der Waals surface area contributed by atoms with Crippen LogP contribution in [0, 0.1) is 0 Å². The summed E-state index contributed by atoms with van der Waals surface area (Å²) in [6.45, 7) is 0. The molecule has 46 heavy (non-hydrogen) atoms. The number of hydrogen-bond donors (Lipinski definition) is 0. The number of benzene rings is 8. The van der Waals surface area contributed by atoms with E-state index in [1.54, 1.807) is 0 Å². The predicted octanol–water partition coefficient (Wildman–Crippen LogP) is 12.7. The fraction of sp³-hybridized carbons (Fsp3) is 0. The lowest BCUT2D eigenvalue weighted by Crippen LogP contribution is -2.09.